The molecule has 1 aliphatic rings. The molecule has 3 rings (SSSR count). The summed E-state index contributed by atoms with van der Waals surface area (Å²) in [6.07, 6.45) is 0. The third kappa shape index (κ3) is 3.30. The Labute approximate surface area is 149 Å². The van der Waals surface area contributed by atoms with Crippen molar-refractivity contribution < 1.29 is 14.7 Å². The van der Waals surface area contributed by atoms with Crippen LogP contribution in [-0.2, 0) is 11.8 Å². The Morgan fingerprint density at radius 2 is 1.80 bits per heavy atom. The van der Waals surface area contributed by atoms with Gasteiger partial charge >= 0.3 is 5.97 Å². The zero-order chi connectivity index (χ0) is 18.1. The van der Waals surface area contributed by atoms with Gasteiger partial charge in [-0.3, -0.25) is 14.4 Å². The molecule has 1 amide bonds. The number of halogens is 1. The number of amides is 1. The average Bonchev–Trinajstić information content (AvgIpc) is 3.03. The quantitative estimate of drug-likeness (QED) is 0.907. The van der Waals surface area contributed by atoms with Gasteiger partial charge in [0.2, 0.25) is 0 Å². The molecule has 1 aliphatic heterocycles. The number of carboxylic acids is 1. The molecular formula is C18H17ClN2O4. The summed E-state index contributed by atoms with van der Waals surface area (Å²) in [4.78, 5) is 37.7. The molecule has 2 atom stereocenters. The summed E-state index contributed by atoms with van der Waals surface area (Å²) in [5.41, 5.74) is 0.788. The van der Waals surface area contributed by atoms with Crippen LogP contribution in [0, 0.1) is 5.92 Å². The lowest BCUT2D eigenvalue weighted by atomic mass is 9.89. The molecule has 0 saturated carbocycles. The molecule has 1 N–H and O–H groups in total. The number of aromatic nitrogens is 1. The summed E-state index contributed by atoms with van der Waals surface area (Å²) in [7, 11) is 1.52. The molecule has 130 valence electrons. The summed E-state index contributed by atoms with van der Waals surface area (Å²) >= 11 is 5.90. The highest BCUT2D eigenvalue weighted by atomic mass is 35.5. The highest BCUT2D eigenvalue weighted by molar-refractivity contribution is 6.30. The van der Waals surface area contributed by atoms with Crippen molar-refractivity contribution in [2.24, 2.45) is 13.0 Å². The van der Waals surface area contributed by atoms with E-state index in [4.69, 9.17) is 11.6 Å². The minimum atomic E-state index is -0.947. The lowest BCUT2D eigenvalue weighted by molar-refractivity contribution is -0.141. The molecule has 2 heterocycles. The highest BCUT2D eigenvalue weighted by Gasteiger charge is 2.41. The molecule has 0 radical (unpaired) electrons. The number of hydrogen-bond donors (Lipinski definition) is 1. The fourth-order valence-electron chi connectivity index (χ4n) is 3.21. The van der Waals surface area contributed by atoms with E-state index in [9.17, 15) is 19.5 Å². The van der Waals surface area contributed by atoms with Gasteiger partial charge in [-0.1, -0.05) is 29.8 Å². The van der Waals surface area contributed by atoms with Gasteiger partial charge in [-0.2, -0.15) is 0 Å². The molecule has 1 aromatic carbocycles. The molecule has 0 aliphatic carbocycles. The predicted octanol–water partition coefficient (Wildman–Crippen LogP) is 1.98. The fourth-order valence-corrected chi connectivity index (χ4v) is 3.33. The summed E-state index contributed by atoms with van der Waals surface area (Å²) < 4.78 is 1.27. The first-order chi connectivity index (χ1) is 11.9. The molecule has 25 heavy (non-hydrogen) atoms. The first-order valence-electron chi connectivity index (χ1n) is 7.82. The van der Waals surface area contributed by atoms with Crippen LogP contribution in [0.15, 0.2) is 47.3 Å². The van der Waals surface area contributed by atoms with Gasteiger partial charge in [-0.25, -0.2) is 0 Å². The van der Waals surface area contributed by atoms with Crippen LogP contribution in [0.2, 0.25) is 5.02 Å². The van der Waals surface area contributed by atoms with Crippen LogP contribution in [0.25, 0.3) is 0 Å². The molecule has 1 saturated heterocycles. The van der Waals surface area contributed by atoms with Crippen molar-refractivity contribution in [1.29, 1.82) is 0 Å². The Balaban J connectivity index is 1.90. The Bertz CT molecular complexity index is 875. The topological polar surface area (TPSA) is 79.6 Å². The summed E-state index contributed by atoms with van der Waals surface area (Å²) in [5, 5.41) is 10.1. The van der Waals surface area contributed by atoms with Gasteiger partial charge in [0.25, 0.3) is 11.5 Å². The van der Waals surface area contributed by atoms with Crippen LogP contribution < -0.4 is 5.56 Å². The Hall–Kier alpha value is -2.60. The van der Waals surface area contributed by atoms with E-state index in [1.165, 1.54) is 28.6 Å². The monoisotopic (exact) mass is 360 g/mol. The number of rotatable bonds is 3. The van der Waals surface area contributed by atoms with Crippen molar-refractivity contribution in [3.63, 3.8) is 0 Å². The van der Waals surface area contributed by atoms with E-state index in [1.807, 2.05) is 0 Å². The molecule has 7 heteroatoms. The molecule has 6 nitrogen and oxygen atoms in total. The number of carbonyl (C=O) groups excluding carboxylic acids is 1. The molecule has 0 unspecified atom stereocenters. The van der Waals surface area contributed by atoms with Crippen molar-refractivity contribution in [2.45, 2.75) is 5.92 Å². The average molecular weight is 361 g/mol. The third-order valence-electron chi connectivity index (χ3n) is 4.63. The summed E-state index contributed by atoms with van der Waals surface area (Å²) in [6.45, 7) is 0.380. The molecule has 0 spiro atoms. The standard InChI is InChI=1S/C18H17ClN2O4/c1-20-15(3-2-4-16(20)22)17(23)21-9-13(14(10-21)18(24)25)11-5-7-12(19)8-6-11/h2-8,13-14H,9-10H2,1H3,(H,24,25)/t13-,14+/m0/s1. The van der Waals surface area contributed by atoms with Crippen molar-refractivity contribution in [3.05, 3.63) is 69.1 Å². The number of nitrogens with zero attached hydrogens (tertiary/aromatic N) is 2. The number of carboxylic acid groups (broad SMARTS) is 1. The molecular weight excluding hydrogens is 344 g/mol. The van der Waals surface area contributed by atoms with E-state index < -0.39 is 11.9 Å². The van der Waals surface area contributed by atoms with Crippen molar-refractivity contribution in [2.75, 3.05) is 13.1 Å². The van der Waals surface area contributed by atoms with Gasteiger partial charge in [-0.05, 0) is 23.8 Å². The number of pyridine rings is 1. The van der Waals surface area contributed by atoms with Crippen molar-refractivity contribution in [3.8, 4) is 0 Å². The van der Waals surface area contributed by atoms with Gasteiger partial charge in [0.15, 0.2) is 0 Å². The zero-order valence-corrected chi connectivity index (χ0v) is 14.3. The molecule has 2 aromatic rings. The molecule has 1 fully saturated rings. The second-order valence-corrected chi connectivity index (χ2v) is 6.56. The van der Waals surface area contributed by atoms with Gasteiger partial charge in [0.05, 0.1) is 5.92 Å². The minimum absolute atomic E-state index is 0.102. The van der Waals surface area contributed by atoms with E-state index >= 15 is 0 Å². The van der Waals surface area contributed by atoms with Crippen LogP contribution >= 0.6 is 11.6 Å². The fraction of sp³-hybridized carbons (Fsp3) is 0.278. The Kier molecular flexibility index (Phi) is 4.63. The van der Waals surface area contributed by atoms with E-state index in [1.54, 1.807) is 30.3 Å². The SMILES string of the molecule is Cn1c(C(=O)N2C[C@@H](C(=O)O)[C@H](c3ccc(Cl)cc3)C2)cccc1=O. The van der Waals surface area contributed by atoms with Crippen LogP contribution in [0.3, 0.4) is 0 Å². The van der Waals surface area contributed by atoms with Gasteiger partial charge in [0, 0.05) is 37.1 Å². The normalized spacial score (nSPS) is 19.8. The Morgan fingerprint density at radius 1 is 1.12 bits per heavy atom. The predicted molar refractivity (Wildman–Crippen MR) is 92.9 cm³/mol. The van der Waals surface area contributed by atoms with E-state index in [0.717, 1.165) is 5.56 Å². The van der Waals surface area contributed by atoms with Crippen LogP contribution in [0.5, 0.6) is 0 Å². The van der Waals surface area contributed by atoms with Crippen LogP contribution in [-0.4, -0.2) is 39.5 Å². The molecule has 0 bridgehead atoms. The number of likely N-dealkylation sites (tertiary alicyclic amines) is 1. The summed E-state index contributed by atoms with van der Waals surface area (Å²) in [6, 6.07) is 11.5. The highest BCUT2D eigenvalue weighted by Crippen LogP contribution is 2.34. The maximum absolute atomic E-state index is 12.8. The maximum atomic E-state index is 12.8. The number of aliphatic carboxylic acids is 1. The zero-order valence-electron chi connectivity index (χ0n) is 13.6. The smallest absolute Gasteiger partial charge is 0.308 e. The first kappa shape index (κ1) is 17.2. The number of hydrogen-bond acceptors (Lipinski definition) is 3. The Morgan fingerprint density at radius 3 is 2.44 bits per heavy atom. The van der Waals surface area contributed by atoms with Crippen LogP contribution in [0.4, 0.5) is 0 Å². The number of carbonyl (C=O) groups is 2. The number of benzene rings is 1. The minimum Gasteiger partial charge on any atom is -0.481 e. The maximum Gasteiger partial charge on any atom is 0.308 e. The van der Waals surface area contributed by atoms with Gasteiger partial charge < -0.3 is 14.6 Å². The van der Waals surface area contributed by atoms with Crippen molar-refractivity contribution >= 4 is 23.5 Å². The van der Waals surface area contributed by atoms with E-state index in [2.05, 4.69) is 0 Å². The second-order valence-electron chi connectivity index (χ2n) is 6.12. The van der Waals surface area contributed by atoms with E-state index in [-0.39, 0.29) is 36.2 Å². The first-order valence-corrected chi connectivity index (χ1v) is 8.20. The van der Waals surface area contributed by atoms with Crippen LogP contribution in [0.1, 0.15) is 22.0 Å². The lowest BCUT2D eigenvalue weighted by Crippen LogP contribution is -2.34. The second kappa shape index (κ2) is 6.72. The third-order valence-corrected chi connectivity index (χ3v) is 4.88. The van der Waals surface area contributed by atoms with Crippen molar-refractivity contribution in [1.82, 2.24) is 9.47 Å². The van der Waals surface area contributed by atoms with Gasteiger partial charge in [0.1, 0.15) is 5.69 Å². The lowest BCUT2D eigenvalue weighted by Gasteiger charge is -2.18. The van der Waals surface area contributed by atoms with E-state index in [0.29, 0.717) is 5.02 Å². The van der Waals surface area contributed by atoms with Gasteiger partial charge in [-0.15, -0.1) is 0 Å². The molecule has 1 aromatic heterocycles. The summed E-state index contributed by atoms with van der Waals surface area (Å²) in [5.74, 6) is -2.31. The largest absolute Gasteiger partial charge is 0.481 e.